The molecule has 0 saturated carbocycles. The third kappa shape index (κ3) is 3.47. The van der Waals surface area contributed by atoms with Crippen molar-refractivity contribution in [1.29, 1.82) is 0 Å². The van der Waals surface area contributed by atoms with Crippen molar-refractivity contribution in [2.24, 2.45) is 0 Å². The van der Waals surface area contributed by atoms with Crippen molar-refractivity contribution in [3.05, 3.63) is 53.6 Å². The van der Waals surface area contributed by atoms with Crippen molar-refractivity contribution in [3.63, 3.8) is 0 Å². The van der Waals surface area contributed by atoms with Gasteiger partial charge >= 0.3 is 0 Å². The Hall–Kier alpha value is -2.49. The zero-order valence-corrected chi connectivity index (χ0v) is 13.5. The SMILES string of the molecule is CCC(C)c1ccc(NC(=O)c2ccc3c(c2)OCCO3)cc1. The van der Waals surface area contributed by atoms with Crippen LogP contribution in [0, 0.1) is 0 Å². The summed E-state index contributed by atoms with van der Waals surface area (Å²) in [5.41, 5.74) is 2.63. The molecule has 0 fully saturated rings. The normalized spacial score (nSPS) is 14.2. The fourth-order valence-corrected chi connectivity index (χ4v) is 2.52. The molecule has 23 heavy (non-hydrogen) atoms. The third-order valence-corrected chi connectivity index (χ3v) is 4.15. The lowest BCUT2D eigenvalue weighted by Crippen LogP contribution is -2.17. The second-order valence-electron chi connectivity index (χ2n) is 5.74. The van der Waals surface area contributed by atoms with Crippen LogP contribution in [-0.4, -0.2) is 19.1 Å². The van der Waals surface area contributed by atoms with E-state index in [2.05, 4.69) is 31.3 Å². The van der Waals surface area contributed by atoms with E-state index in [1.165, 1.54) is 5.56 Å². The second-order valence-corrected chi connectivity index (χ2v) is 5.74. The molecule has 1 N–H and O–H groups in total. The average Bonchev–Trinajstić information content (AvgIpc) is 2.61. The van der Waals surface area contributed by atoms with Gasteiger partial charge < -0.3 is 14.8 Å². The molecule has 1 aliphatic heterocycles. The molecule has 0 bridgehead atoms. The van der Waals surface area contributed by atoms with Crippen molar-refractivity contribution in [2.45, 2.75) is 26.2 Å². The van der Waals surface area contributed by atoms with Crippen molar-refractivity contribution in [1.82, 2.24) is 0 Å². The van der Waals surface area contributed by atoms with Gasteiger partial charge in [0.1, 0.15) is 13.2 Å². The monoisotopic (exact) mass is 311 g/mol. The summed E-state index contributed by atoms with van der Waals surface area (Å²) in [6.07, 6.45) is 1.10. The summed E-state index contributed by atoms with van der Waals surface area (Å²) in [5.74, 6) is 1.68. The molecule has 2 aromatic carbocycles. The number of rotatable bonds is 4. The van der Waals surface area contributed by atoms with Crippen LogP contribution in [0.25, 0.3) is 0 Å². The fraction of sp³-hybridized carbons (Fsp3) is 0.316. The molecule has 120 valence electrons. The smallest absolute Gasteiger partial charge is 0.255 e. The first kappa shape index (κ1) is 15.4. The lowest BCUT2D eigenvalue weighted by Gasteiger charge is -2.18. The second kappa shape index (κ2) is 6.73. The van der Waals surface area contributed by atoms with Crippen molar-refractivity contribution in [2.75, 3.05) is 18.5 Å². The van der Waals surface area contributed by atoms with Crippen LogP contribution in [-0.2, 0) is 0 Å². The van der Waals surface area contributed by atoms with Crippen LogP contribution in [0.3, 0.4) is 0 Å². The highest BCUT2D eigenvalue weighted by Crippen LogP contribution is 2.31. The molecule has 2 aromatic rings. The van der Waals surface area contributed by atoms with Gasteiger partial charge in [0.25, 0.3) is 5.91 Å². The molecule has 4 nitrogen and oxygen atoms in total. The van der Waals surface area contributed by atoms with Crippen molar-refractivity contribution < 1.29 is 14.3 Å². The molecule has 1 amide bonds. The molecule has 0 aromatic heterocycles. The van der Waals surface area contributed by atoms with Crippen LogP contribution in [0.4, 0.5) is 5.69 Å². The van der Waals surface area contributed by atoms with Crippen LogP contribution in [0.5, 0.6) is 11.5 Å². The Morgan fingerprint density at radius 1 is 1.09 bits per heavy atom. The van der Waals surface area contributed by atoms with Gasteiger partial charge in [0.15, 0.2) is 11.5 Å². The van der Waals surface area contributed by atoms with Gasteiger partial charge in [0.2, 0.25) is 0 Å². The molecule has 1 atom stereocenters. The summed E-state index contributed by atoms with van der Waals surface area (Å²) in [6.45, 7) is 5.42. The van der Waals surface area contributed by atoms with Gasteiger partial charge in [0.05, 0.1) is 0 Å². The van der Waals surface area contributed by atoms with E-state index in [1.807, 2.05) is 12.1 Å². The standard InChI is InChI=1S/C19H21NO3/c1-3-13(2)14-4-7-16(8-5-14)20-19(21)15-6-9-17-18(12-15)23-11-10-22-17/h4-9,12-13H,3,10-11H2,1-2H3,(H,20,21). The van der Waals surface area contributed by atoms with Crippen LogP contribution in [0.1, 0.15) is 42.1 Å². The quantitative estimate of drug-likeness (QED) is 0.919. The molecular weight excluding hydrogens is 290 g/mol. The van der Waals surface area contributed by atoms with E-state index in [1.54, 1.807) is 18.2 Å². The van der Waals surface area contributed by atoms with Crippen molar-refractivity contribution >= 4 is 11.6 Å². The topological polar surface area (TPSA) is 47.6 Å². The van der Waals surface area contributed by atoms with Crippen LogP contribution < -0.4 is 14.8 Å². The third-order valence-electron chi connectivity index (χ3n) is 4.15. The first-order valence-corrected chi connectivity index (χ1v) is 7.98. The van der Waals surface area contributed by atoms with Crippen LogP contribution >= 0.6 is 0 Å². The van der Waals surface area contributed by atoms with Gasteiger partial charge in [-0.1, -0.05) is 26.0 Å². The minimum atomic E-state index is -0.154. The predicted molar refractivity (Wildman–Crippen MR) is 90.5 cm³/mol. The first-order chi connectivity index (χ1) is 11.2. The van der Waals surface area contributed by atoms with E-state index in [-0.39, 0.29) is 5.91 Å². The first-order valence-electron chi connectivity index (χ1n) is 7.98. The minimum absolute atomic E-state index is 0.154. The number of hydrogen-bond donors (Lipinski definition) is 1. The highest BCUT2D eigenvalue weighted by molar-refractivity contribution is 6.04. The number of anilines is 1. The number of amides is 1. The summed E-state index contributed by atoms with van der Waals surface area (Å²) < 4.78 is 11.0. The van der Waals surface area contributed by atoms with E-state index >= 15 is 0 Å². The summed E-state index contributed by atoms with van der Waals surface area (Å²) in [7, 11) is 0. The zero-order valence-electron chi connectivity index (χ0n) is 13.5. The van der Waals surface area contributed by atoms with E-state index in [0.717, 1.165) is 12.1 Å². The Labute approximate surface area is 136 Å². The number of fused-ring (bicyclic) bond motifs is 1. The number of ether oxygens (including phenoxy) is 2. The Kier molecular flexibility index (Phi) is 4.51. The summed E-state index contributed by atoms with van der Waals surface area (Å²) >= 11 is 0. The van der Waals surface area contributed by atoms with Crippen LogP contribution in [0.15, 0.2) is 42.5 Å². The molecule has 0 radical (unpaired) electrons. The highest BCUT2D eigenvalue weighted by atomic mass is 16.6. The Balaban J connectivity index is 1.71. The largest absolute Gasteiger partial charge is 0.486 e. The number of nitrogens with one attached hydrogen (secondary N) is 1. The fourth-order valence-electron chi connectivity index (χ4n) is 2.52. The maximum absolute atomic E-state index is 12.4. The number of benzene rings is 2. The van der Waals surface area contributed by atoms with Crippen LogP contribution in [0.2, 0.25) is 0 Å². The van der Waals surface area contributed by atoms with Gasteiger partial charge in [-0.05, 0) is 48.2 Å². The predicted octanol–water partition coefficient (Wildman–Crippen LogP) is 4.22. The summed E-state index contributed by atoms with van der Waals surface area (Å²) in [5, 5.41) is 2.91. The van der Waals surface area contributed by atoms with Crippen molar-refractivity contribution in [3.8, 4) is 11.5 Å². The highest BCUT2D eigenvalue weighted by Gasteiger charge is 2.15. The Bertz CT molecular complexity index is 694. The van der Waals surface area contributed by atoms with E-state index < -0.39 is 0 Å². The molecule has 1 heterocycles. The maximum Gasteiger partial charge on any atom is 0.255 e. The lowest BCUT2D eigenvalue weighted by atomic mass is 9.98. The molecule has 0 aliphatic carbocycles. The maximum atomic E-state index is 12.4. The number of carbonyl (C=O) groups excluding carboxylic acids is 1. The van der Waals surface area contributed by atoms with Gasteiger partial charge in [-0.25, -0.2) is 0 Å². The van der Waals surface area contributed by atoms with E-state index in [4.69, 9.17) is 9.47 Å². The molecule has 4 heteroatoms. The Morgan fingerprint density at radius 3 is 2.48 bits per heavy atom. The number of carbonyl (C=O) groups is 1. The van der Waals surface area contributed by atoms with Gasteiger partial charge in [-0.3, -0.25) is 4.79 Å². The Morgan fingerprint density at radius 2 is 1.78 bits per heavy atom. The summed E-state index contributed by atoms with van der Waals surface area (Å²) in [6, 6.07) is 13.2. The lowest BCUT2D eigenvalue weighted by molar-refractivity contribution is 0.102. The van der Waals surface area contributed by atoms with E-state index in [0.29, 0.717) is 36.2 Å². The van der Waals surface area contributed by atoms with Gasteiger partial charge in [-0.15, -0.1) is 0 Å². The molecule has 0 spiro atoms. The zero-order chi connectivity index (χ0) is 16.2. The minimum Gasteiger partial charge on any atom is -0.486 e. The van der Waals surface area contributed by atoms with Gasteiger partial charge in [0, 0.05) is 11.3 Å². The van der Waals surface area contributed by atoms with Gasteiger partial charge in [-0.2, -0.15) is 0 Å². The van der Waals surface area contributed by atoms with E-state index in [9.17, 15) is 4.79 Å². The molecule has 1 aliphatic rings. The summed E-state index contributed by atoms with van der Waals surface area (Å²) in [4.78, 5) is 12.4. The molecule has 3 rings (SSSR count). The molecule has 1 unspecified atom stereocenters. The molecular formula is C19H21NO3. The number of hydrogen-bond acceptors (Lipinski definition) is 3. The average molecular weight is 311 g/mol. The molecule has 0 saturated heterocycles.